The Morgan fingerprint density at radius 3 is 1.19 bits per heavy atom. The van der Waals surface area contributed by atoms with E-state index in [1.54, 1.807) is 27.7 Å². The van der Waals surface area contributed by atoms with Crippen LogP contribution in [0.15, 0.2) is 0 Å². The molecule has 0 fully saturated rings. The van der Waals surface area contributed by atoms with E-state index in [4.69, 9.17) is 29.0 Å². The van der Waals surface area contributed by atoms with E-state index in [2.05, 4.69) is 41.5 Å². The van der Waals surface area contributed by atoms with Crippen LogP contribution in [-0.2, 0) is 29.0 Å². The molecular weight excluding hydrogens is 340 g/mol. The maximum absolute atomic E-state index is 11.9. The summed E-state index contributed by atoms with van der Waals surface area (Å²) in [6, 6.07) is 0. The first-order valence-electron chi connectivity index (χ1n) is 9.05. The predicted octanol–water partition coefficient (Wildman–Crippen LogP) is 5.38. The SMILES string of the molecule is CC(C)(C)CCOOC(C)(C)OC(=O)OC(C)(C)OOCCC(C)(C)C. The molecule has 0 atom stereocenters. The summed E-state index contributed by atoms with van der Waals surface area (Å²) in [7, 11) is 0. The number of hydrogen-bond acceptors (Lipinski definition) is 7. The number of ether oxygens (including phenoxy) is 2. The van der Waals surface area contributed by atoms with Crippen LogP contribution < -0.4 is 0 Å². The van der Waals surface area contributed by atoms with E-state index in [0.717, 1.165) is 12.8 Å². The molecule has 0 radical (unpaired) electrons. The van der Waals surface area contributed by atoms with Gasteiger partial charge in [0.1, 0.15) is 0 Å². The Morgan fingerprint density at radius 1 is 0.615 bits per heavy atom. The van der Waals surface area contributed by atoms with Crippen LogP contribution >= 0.6 is 0 Å². The molecule has 0 aromatic carbocycles. The Labute approximate surface area is 158 Å². The summed E-state index contributed by atoms with van der Waals surface area (Å²) in [6.07, 6.45) is 0.666. The minimum absolute atomic E-state index is 0.127. The van der Waals surface area contributed by atoms with E-state index >= 15 is 0 Å². The second-order valence-corrected chi connectivity index (χ2v) is 9.69. The third-order valence-electron chi connectivity index (χ3n) is 3.05. The lowest BCUT2D eigenvalue weighted by Gasteiger charge is -2.28. The van der Waals surface area contributed by atoms with E-state index < -0.39 is 17.7 Å². The molecule has 0 bridgehead atoms. The van der Waals surface area contributed by atoms with Gasteiger partial charge in [-0.25, -0.2) is 14.6 Å². The van der Waals surface area contributed by atoms with Gasteiger partial charge in [-0.05, 0) is 23.7 Å². The van der Waals surface area contributed by atoms with E-state index in [1.807, 2.05) is 0 Å². The minimum atomic E-state index is -1.29. The Bertz CT molecular complexity index is 379. The fourth-order valence-corrected chi connectivity index (χ4v) is 1.52. The van der Waals surface area contributed by atoms with Gasteiger partial charge in [0.2, 0.25) is 11.6 Å². The van der Waals surface area contributed by atoms with E-state index in [-0.39, 0.29) is 10.8 Å². The van der Waals surface area contributed by atoms with E-state index in [0.29, 0.717) is 13.2 Å². The summed E-state index contributed by atoms with van der Waals surface area (Å²) in [5.41, 5.74) is 0.253. The number of carbonyl (C=O) groups excluding carboxylic acids is 1. The van der Waals surface area contributed by atoms with Crippen molar-refractivity contribution in [3.63, 3.8) is 0 Å². The van der Waals surface area contributed by atoms with Crippen molar-refractivity contribution in [1.82, 2.24) is 0 Å². The highest BCUT2D eigenvalue weighted by Crippen LogP contribution is 2.22. The van der Waals surface area contributed by atoms with Crippen molar-refractivity contribution in [3.05, 3.63) is 0 Å². The van der Waals surface area contributed by atoms with E-state index in [1.165, 1.54) is 0 Å². The standard InChI is InChI=1S/C19H38O7/c1-16(2,3)11-13-21-25-18(7,8)23-15(20)24-19(9,10)26-22-14-12-17(4,5)6/h11-14H2,1-10H3. The maximum atomic E-state index is 11.9. The summed E-state index contributed by atoms with van der Waals surface area (Å²) >= 11 is 0. The van der Waals surface area contributed by atoms with Crippen LogP contribution in [0.5, 0.6) is 0 Å². The van der Waals surface area contributed by atoms with Crippen molar-refractivity contribution >= 4 is 6.16 Å². The zero-order valence-electron chi connectivity index (χ0n) is 18.2. The van der Waals surface area contributed by atoms with Gasteiger partial charge in [0.25, 0.3) is 0 Å². The van der Waals surface area contributed by atoms with Gasteiger partial charge in [0.05, 0.1) is 13.2 Å². The van der Waals surface area contributed by atoms with Crippen LogP contribution in [0, 0.1) is 10.8 Å². The molecule has 156 valence electrons. The molecule has 26 heavy (non-hydrogen) atoms. The average Bonchev–Trinajstić information content (AvgIpc) is 2.36. The minimum Gasteiger partial charge on any atom is -0.399 e. The molecule has 0 saturated carbocycles. The van der Waals surface area contributed by atoms with Crippen molar-refractivity contribution in [2.75, 3.05) is 13.2 Å². The van der Waals surface area contributed by atoms with Gasteiger partial charge in [-0.1, -0.05) is 41.5 Å². The van der Waals surface area contributed by atoms with E-state index in [9.17, 15) is 4.79 Å². The van der Waals surface area contributed by atoms with Crippen LogP contribution in [0.4, 0.5) is 4.79 Å². The number of carbonyl (C=O) groups is 1. The quantitative estimate of drug-likeness (QED) is 0.166. The first-order chi connectivity index (χ1) is 11.5. The van der Waals surface area contributed by atoms with Gasteiger partial charge in [-0.3, -0.25) is 0 Å². The first-order valence-corrected chi connectivity index (χ1v) is 9.05. The molecule has 0 N–H and O–H groups in total. The fourth-order valence-electron chi connectivity index (χ4n) is 1.52. The molecular formula is C19H38O7. The van der Waals surface area contributed by atoms with Crippen molar-refractivity contribution in [1.29, 1.82) is 0 Å². The van der Waals surface area contributed by atoms with Gasteiger partial charge in [-0.2, -0.15) is 9.78 Å². The van der Waals surface area contributed by atoms with Crippen molar-refractivity contribution in [2.24, 2.45) is 10.8 Å². The highest BCUT2D eigenvalue weighted by molar-refractivity contribution is 5.60. The predicted molar refractivity (Wildman–Crippen MR) is 97.9 cm³/mol. The average molecular weight is 379 g/mol. The normalized spacial score (nSPS) is 13.6. The summed E-state index contributed by atoms with van der Waals surface area (Å²) in [4.78, 5) is 32.5. The summed E-state index contributed by atoms with van der Waals surface area (Å²) in [5.74, 6) is -2.59. The van der Waals surface area contributed by atoms with Gasteiger partial charge < -0.3 is 9.47 Å². The van der Waals surface area contributed by atoms with Crippen molar-refractivity contribution < 1.29 is 33.8 Å². The lowest BCUT2D eigenvalue weighted by Crippen LogP contribution is -2.37. The fraction of sp³-hybridized carbons (Fsp3) is 0.947. The number of rotatable bonds is 10. The Kier molecular flexibility index (Phi) is 9.54. The molecule has 0 unspecified atom stereocenters. The lowest BCUT2D eigenvalue weighted by molar-refractivity contribution is -0.425. The van der Waals surface area contributed by atoms with Crippen LogP contribution in [0.1, 0.15) is 82.1 Å². The molecule has 0 amide bonds. The molecule has 0 aromatic rings. The summed E-state index contributed by atoms with van der Waals surface area (Å²) < 4.78 is 10.2. The molecule has 0 rings (SSSR count). The zero-order chi connectivity index (χ0) is 20.6. The third kappa shape index (κ3) is 15.4. The Balaban J connectivity index is 4.18. The topological polar surface area (TPSA) is 72.5 Å². The largest absolute Gasteiger partial charge is 0.513 e. The Hall–Kier alpha value is -0.890. The molecule has 0 saturated heterocycles. The third-order valence-corrected chi connectivity index (χ3v) is 3.05. The molecule has 0 aromatic heterocycles. The summed E-state index contributed by atoms with van der Waals surface area (Å²) in [5, 5.41) is 0. The molecule has 0 aliphatic heterocycles. The van der Waals surface area contributed by atoms with Crippen LogP contribution in [0.3, 0.4) is 0 Å². The summed E-state index contributed by atoms with van der Waals surface area (Å²) in [6.45, 7) is 19.6. The first kappa shape index (κ1) is 25.1. The smallest absolute Gasteiger partial charge is 0.399 e. The van der Waals surface area contributed by atoms with Crippen LogP contribution in [0.2, 0.25) is 0 Å². The lowest BCUT2D eigenvalue weighted by atomic mass is 9.93. The molecule has 7 nitrogen and oxygen atoms in total. The Morgan fingerprint density at radius 2 is 0.923 bits per heavy atom. The second-order valence-electron chi connectivity index (χ2n) is 9.69. The second kappa shape index (κ2) is 9.88. The highest BCUT2D eigenvalue weighted by atomic mass is 17.2. The van der Waals surface area contributed by atoms with Crippen LogP contribution in [0.25, 0.3) is 0 Å². The molecule has 0 heterocycles. The molecule has 0 aliphatic carbocycles. The van der Waals surface area contributed by atoms with Gasteiger partial charge >= 0.3 is 6.16 Å². The van der Waals surface area contributed by atoms with Gasteiger partial charge in [-0.15, -0.1) is 0 Å². The molecule has 7 heteroatoms. The number of hydrogen-bond donors (Lipinski definition) is 0. The maximum Gasteiger partial charge on any atom is 0.513 e. The highest BCUT2D eigenvalue weighted by Gasteiger charge is 2.32. The van der Waals surface area contributed by atoms with Crippen molar-refractivity contribution in [2.45, 2.75) is 93.7 Å². The van der Waals surface area contributed by atoms with Gasteiger partial charge in [0.15, 0.2) is 0 Å². The molecule has 0 spiro atoms. The van der Waals surface area contributed by atoms with Gasteiger partial charge in [0, 0.05) is 27.7 Å². The monoisotopic (exact) mass is 378 g/mol. The van der Waals surface area contributed by atoms with Crippen molar-refractivity contribution in [3.8, 4) is 0 Å². The van der Waals surface area contributed by atoms with Crippen LogP contribution in [-0.4, -0.2) is 30.9 Å². The zero-order valence-corrected chi connectivity index (χ0v) is 18.2. The molecule has 0 aliphatic rings.